The molecule has 3 nitrogen and oxygen atoms in total. The molecule has 0 saturated carbocycles. The molecule has 1 aliphatic rings. The predicted molar refractivity (Wildman–Crippen MR) is 86.8 cm³/mol. The Morgan fingerprint density at radius 2 is 2.05 bits per heavy atom. The van der Waals surface area contributed by atoms with Gasteiger partial charge in [0.25, 0.3) is 0 Å². The summed E-state index contributed by atoms with van der Waals surface area (Å²) in [5, 5.41) is 3.46. The standard InChI is InChI=1S/C15H22BrNO2S/c1-11(2)17-9-14(12-7-8-20(18,19)10-12)13-5-3-4-6-15(13)16/h3-6,11-12,14,17H,7-10H2,1-2H3. The van der Waals surface area contributed by atoms with Crippen molar-refractivity contribution in [3.63, 3.8) is 0 Å². The van der Waals surface area contributed by atoms with Crippen molar-refractivity contribution in [1.82, 2.24) is 5.32 Å². The predicted octanol–water partition coefficient (Wildman–Crippen LogP) is 2.97. The van der Waals surface area contributed by atoms with Crippen LogP contribution in [0.3, 0.4) is 0 Å². The van der Waals surface area contributed by atoms with Crippen molar-refractivity contribution >= 4 is 25.8 Å². The first-order valence-electron chi connectivity index (χ1n) is 7.07. The van der Waals surface area contributed by atoms with Gasteiger partial charge < -0.3 is 5.32 Å². The monoisotopic (exact) mass is 359 g/mol. The Morgan fingerprint density at radius 3 is 2.60 bits per heavy atom. The highest BCUT2D eigenvalue weighted by atomic mass is 79.9. The maximum absolute atomic E-state index is 11.8. The van der Waals surface area contributed by atoms with Gasteiger partial charge in [-0.25, -0.2) is 8.42 Å². The SMILES string of the molecule is CC(C)NCC(c1ccccc1Br)C1CCS(=O)(=O)C1. The molecule has 112 valence electrons. The number of benzene rings is 1. The lowest BCUT2D eigenvalue weighted by Crippen LogP contribution is -2.32. The summed E-state index contributed by atoms with van der Waals surface area (Å²) < 4.78 is 24.6. The first-order valence-corrected chi connectivity index (χ1v) is 9.69. The van der Waals surface area contributed by atoms with E-state index in [-0.39, 0.29) is 11.8 Å². The van der Waals surface area contributed by atoms with Crippen LogP contribution in [0.15, 0.2) is 28.7 Å². The second-order valence-electron chi connectivity index (χ2n) is 5.85. The normalized spacial score (nSPS) is 23.1. The highest BCUT2D eigenvalue weighted by molar-refractivity contribution is 9.10. The zero-order valence-electron chi connectivity index (χ0n) is 12.0. The van der Waals surface area contributed by atoms with Crippen LogP contribution in [0.5, 0.6) is 0 Å². The Balaban J connectivity index is 2.23. The first kappa shape index (κ1) is 16.0. The lowest BCUT2D eigenvalue weighted by molar-refractivity contribution is 0.421. The Kier molecular flexibility index (Phi) is 5.26. The molecule has 0 aromatic heterocycles. The molecule has 1 aromatic carbocycles. The van der Waals surface area contributed by atoms with Gasteiger partial charge in [0.1, 0.15) is 0 Å². The summed E-state index contributed by atoms with van der Waals surface area (Å²) in [5.74, 6) is 1.11. The zero-order valence-corrected chi connectivity index (χ0v) is 14.4. The van der Waals surface area contributed by atoms with E-state index in [4.69, 9.17) is 0 Å². The van der Waals surface area contributed by atoms with E-state index in [1.807, 2.05) is 18.2 Å². The number of rotatable bonds is 5. The molecule has 1 aliphatic heterocycles. The smallest absolute Gasteiger partial charge is 0.150 e. The second kappa shape index (κ2) is 6.58. The molecule has 0 aliphatic carbocycles. The molecule has 0 radical (unpaired) electrons. The zero-order chi connectivity index (χ0) is 14.8. The van der Waals surface area contributed by atoms with Crippen LogP contribution in [0.2, 0.25) is 0 Å². The molecule has 1 saturated heterocycles. The maximum atomic E-state index is 11.8. The minimum absolute atomic E-state index is 0.213. The van der Waals surface area contributed by atoms with Gasteiger partial charge >= 0.3 is 0 Å². The van der Waals surface area contributed by atoms with Crippen LogP contribution >= 0.6 is 15.9 Å². The maximum Gasteiger partial charge on any atom is 0.150 e. The average molecular weight is 360 g/mol. The van der Waals surface area contributed by atoms with E-state index in [0.717, 1.165) is 17.4 Å². The Bertz CT molecular complexity index is 557. The highest BCUT2D eigenvalue weighted by Crippen LogP contribution is 2.36. The summed E-state index contributed by atoms with van der Waals surface area (Å²) in [7, 11) is -2.84. The minimum Gasteiger partial charge on any atom is -0.314 e. The van der Waals surface area contributed by atoms with Crippen molar-refractivity contribution in [2.24, 2.45) is 5.92 Å². The summed E-state index contributed by atoms with van der Waals surface area (Å²) in [6, 6.07) is 8.54. The van der Waals surface area contributed by atoms with Crippen LogP contribution in [0.4, 0.5) is 0 Å². The number of sulfone groups is 1. The van der Waals surface area contributed by atoms with Gasteiger partial charge in [-0.15, -0.1) is 0 Å². The Labute approximate surface area is 130 Å². The third kappa shape index (κ3) is 4.06. The Morgan fingerprint density at radius 1 is 1.35 bits per heavy atom. The van der Waals surface area contributed by atoms with Gasteiger partial charge in [0.2, 0.25) is 0 Å². The second-order valence-corrected chi connectivity index (χ2v) is 8.94. The van der Waals surface area contributed by atoms with Crippen LogP contribution < -0.4 is 5.32 Å². The molecule has 2 rings (SSSR count). The molecule has 0 amide bonds. The molecule has 1 heterocycles. The number of halogens is 1. The van der Waals surface area contributed by atoms with Gasteiger partial charge in [-0.3, -0.25) is 0 Å². The van der Waals surface area contributed by atoms with E-state index >= 15 is 0 Å². The molecule has 0 spiro atoms. The van der Waals surface area contributed by atoms with Gasteiger partial charge in [0.15, 0.2) is 9.84 Å². The van der Waals surface area contributed by atoms with Crippen molar-refractivity contribution in [1.29, 1.82) is 0 Å². The Hall–Kier alpha value is -0.390. The number of nitrogens with one attached hydrogen (secondary N) is 1. The van der Waals surface area contributed by atoms with Gasteiger partial charge in [-0.2, -0.15) is 0 Å². The van der Waals surface area contributed by atoms with E-state index in [9.17, 15) is 8.42 Å². The third-order valence-corrected chi connectivity index (χ3v) is 6.40. The fourth-order valence-electron chi connectivity index (χ4n) is 2.81. The summed E-state index contributed by atoms with van der Waals surface area (Å²) in [5.41, 5.74) is 1.21. The van der Waals surface area contributed by atoms with Crippen LogP contribution in [0, 0.1) is 5.92 Å². The minimum atomic E-state index is -2.84. The molecule has 1 aromatic rings. The van der Waals surface area contributed by atoms with E-state index in [0.29, 0.717) is 17.5 Å². The fourth-order valence-corrected chi connectivity index (χ4v) is 5.27. The molecule has 2 unspecified atom stereocenters. The van der Waals surface area contributed by atoms with E-state index in [1.54, 1.807) is 0 Å². The molecule has 1 N–H and O–H groups in total. The summed E-state index contributed by atoms with van der Waals surface area (Å²) in [6.07, 6.45) is 0.772. The summed E-state index contributed by atoms with van der Waals surface area (Å²) >= 11 is 3.60. The molecule has 5 heteroatoms. The fraction of sp³-hybridized carbons (Fsp3) is 0.600. The van der Waals surface area contributed by atoms with Gasteiger partial charge in [0.05, 0.1) is 11.5 Å². The van der Waals surface area contributed by atoms with Gasteiger partial charge in [-0.05, 0) is 24.0 Å². The quantitative estimate of drug-likeness (QED) is 0.878. The van der Waals surface area contributed by atoms with Crippen LogP contribution in [0.25, 0.3) is 0 Å². The van der Waals surface area contributed by atoms with Crippen molar-refractivity contribution in [3.8, 4) is 0 Å². The van der Waals surface area contributed by atoms with Crippen molar-refractivity contribution in [2.75, 3.05) is 18.1 Å². The third-order valence-electron chi connectivity index (χ3n) is 3.89. The largest absolute Gasteiger partial charge is 0.314 e. The first-order chi connectivity index (χ1) is 9.39. The van der Waals surface area contributed by atoms with Crippen LogP contribution in [-0.4, -0.2) is 32.5 Å². The number of hydrogen-bond acceptors (Lipinski definition) is 3. The molecule has 2 atom stereocenters. The molecule has 20 heavy (non-hydrogen) atoms. The van der Waals surface area contributed by atoms with Crippen LogP contribution in [-0.2, 0) is 9.84 Å². The van der Waals surface area contributed by atoms with Crippen molar-refractivity contribution in [2.45, 2.75) is 32.2 Å². The summed E-state index contributed by atoms with van der Waals surface area (Å²) in [4.78, 5) is 0. The lowest BCUT2D eigenvalue weighted by atomic mass is 9.85. The van der Waals surface area contributed by atoms with Crippen molar-refractivity contribution in [3.05, 3.63) is 34.3 Å². The molecular weight excluding hydrogens is 338 g/mol. The lowest BCUT2D eigenvalue weighted by Gasteiger charge is -2.25. The van der Waals surface area contributed by atoms with Crippen molar-refractivity contribution < 1.29 is 8.42 Å². The van der Waals surface area contributed by atoms with E-state index in [2.05, 4.69) is 41.2 Å². The van der Waals surface area contributed by atoms with E-state index in [1.165, 1.54) is 5.56 Å². The van der Waals surface area contributed by atoms with E-state index < -0.39 is 9.84 Å². The van der Waals surface area contributed by atoms with Gasteiger partial charge in [0, 0.05) is 23.0 Å². The van der Waals surface area contributed by atoms with Gasteiger partial charge in [-0.1, -0.05) is 48.0 Å². The molecule has 1 fully saturated rings. The molecule has 0 bridgehead atoms. The molecular formula is C15H22BrNO2S. The highest BCUT2D eigenvalue weighted by Gasteiger charge is 2.34. The van der Waals surface area contributed by atoms with Crippen LogP contribution in [0.1, 0.15) is 31.7 Å². The average Bonchev–Trinajstić information content (AvgIpc) is 2.72. The summed E-state index contributed by atoms with van der Waals surface area (Å²) in [6.45, 7) is 5.05. The number of hydrogen-bond donors (Lipinski definition) is 1. The topological polar surface area (TPSA) is 46.2 Å².